The van der Waals surface area contributed by atoms with Gasteiger partial charge in [0.2, 0.25) is 11.5 Å². The number of alkyl halides is 3. The van der Waals surface area contributed by atoms with Crippen molar-refractivity contribution in [1.82, 2.24) is 14.9 Å². The van der Waals surface area contributed by atoms with E-state index in [9.17, 15) is 22.8 Å². The van der Waals surface area contributed by atoms with Gasteiger partial charge in [0.05, 0.1) is 6.61 Å². The first-order valence-corrected chi connectivity index (χ1v) is 12.2. The molecule has 0 saturated carbocycles. The zero-order chi connectivity index (χ0) is 25.9. The van der Waals surface area contributed by atoms with Crippen molar-refractivity contribution in [2.45, 2.75) is 51.7 Å². The highest BCUT2D eigenvalue weighted by Gasteiger charge is 2.42. The predicted octanol–water partition coefficient (Wildman–Crippen LogP) is 4.17. The third kappa shape index (κ3) is 5.73. The molecule has 0 aliphatic carbocycles. The standard InChI is InChI=1S/C24H30F3N5O4/c1-3-35-23(34)31-12-10-30(11-13-31)19-8-7-17(15-28-19)14-18(33)20-21(24(25,26)27)29-22(36-20)32-9-5-4-6-16(32)2/h7-8,15-16H,3-6,9-14H2,1-2H3. The number of ketones is 1. The number of pyridine rings is 1. The zero-order valence-corrected chi connectivity index (χ0v) is 20.4. The molecule has 4 heterocycles. The van der Waals surface area contributed by atoms with E-state index in [1.807, 2.05) is 11.8 Å². The Morgan fingerprint density at radius 2 is 1.89 bits per heavy atom. The van der Waals surface area contributed by atoms with Crippen molar-refractivity contribution < 1.29 is 31.9 Å². The fourth-order valence-corrected chi connectivity index (χ4v) is 4.50. The number of ether oxygens (including phenoxy) is 1. The minimum Gasteiger partial charge on any atom is -0.450 e. The van der Waals surface area contributed by atoms with Gasteiger partial charge in [-0.2, -0.15) is 18.2 Å². The molecule has 1 unspecified atom stereocenters. The van der Waals surface area contributed by atoms with E-state index in [4.69, 9.17) is 9.15 Å². The van der Waals surface area contributed by atoms with Gasteiger partial charge in [-0.1, -0.05) is 6.07 Å². The van der Waals surface area contributed by atoms with E-state index in [0.29, 0.717) is 50.7 Å². The van der Waals surface area contributed by atoms with E-state index in [2.05, 4.69) is 9.97 Å². The first-order valence-electron chi connectivity index (χ1n) is 12.2. The number of oxazole rings is 1. The first kappa shape index (κ1) is 25.8. The Hall–Kier alpha value is -3.31. The van der Waals surface area contributed by atoms with Crippen LogP contribution in [0.1, 0.15) is 54.9 Å². The second kappa shape index (κ2) is 10.8. The number of halogens is 3. The van der Waals surface area contributed by atoms with Crippen molar-refractivity contribution in [2.24, 2.45) is 0 Å². The number of carbonyl (C=O) groups is 2. The second-order valence-corrected chi connectivity index (χ2v) is 9.01. The van der Waals surface area contributed by atoms with Crippen LogP contribution in [0, 0.1) is 0 Å². The van der Waals surface area contributed by atoms with Gasteiger partial charge in [-0.05, 0) is 44.7 Å². The Labute approximate surface area is 207 Å². The molecule has 2 aromatic heterocycles. The lowest BCUT2D eigenvalue weighted by Gasteiger charge is -2.34. The number of Topliss-reactive ketones (excluding diaryl/α,β-unsaturated/α-hetero) is 1. The number of carbonyl (C=O) groups excluding carboxylic acids is 2. The number of piperidine rings is 1. The fraction of sp³-hybridized carbons (Fsp3) is 0.583. The van der Waals surface area contributed by atoms with Crippen molar-refractivity contribution in [3.05, 3.63) is 35.3 Å². The topological polar surface area (TPSA) is 92.0 Å². The molecule has 0 N–H and O–H groups in total. The van der Waals surface area contributed by atoms with Crippen molar-refractivity contribution in [3.63, 3.8) is 0 Å². The third-order valence-corrected chi connectivity index (χ3v) is 6.49. The number of amides is 1. The van der Waals surface area contributed by atoms with Crippen LogP contribution in [0.3, 0.4) is 0 Å². The zero-order valence-electron chi connectivity index (χ0n) is 20.4. The second-order valence-electron chi connectivity index (χ2n) is 9.01. The monoisotopic (exact) mass is 509 g/mol. The van der Waals surface area contributed by atoms with E-state index in [-0.39, 0.29) is 24.6 Å². The van der Waals surface area contributed by atoms with Gasteiger partial charge in [-0.3, -0.25) is 4.79 Å². The van der Waals surface area contributed by atoms with E-state index < -0.39 is 23.4 Å². The molecule has 0 aromatic carbocycles. The molecule has 0 bridgehead atoms. The predicted molar refractivity (Wildman–Crippen MR) is 125 cm³/mol. The summed E-state index contributed by atoms with van der Waals surface area (Å²) < 4.78 is 51.4. The largest absolute Gasteiger partial charge is 0.450 e. The molecule has 2 aromatic rings. The van der Waals surface area contributed by atoms with Crippen molar-refractivity contribution >= 4 is 23.7 Å². The van der Waals surface area contributed by atoms with Crippen LogP contribution in [-0.4, -0.2) is 72.1 Å². The Morgan fingerprint density at radius 3 is 2.50 bits per heavy atom. The molecule has 2 fully saturated rings. The summed E-state index contributed by atoms with van der Waals surface area (Å²) in [7, 11) is 0. The molecule has 9 nitrogen and oxygen atoms in total. The number of piperazine rings is 1. The van der Waals surface area contributed by atoms with E-state index in [1.54, 1.807) is 28.9 Å². The van der Waals surface area contributed by atoms with Crippen LogP contribution in [0.2, 0.25) is 0 Å². The van der Waals surface area contributed by atoms with Gasteiger partial charge in [0.1, 0.15) is 5.82 Å². The quantitative estimate of drug-likeness (QED) is 0.536. The molecule has 0 radical (unpaired) electrons. The molecule has 36 heavy (non-hydrogen) atoms. The smallest absolute Gasteiger partial charge is 0.437 e. The number of hydrogen-bond donors (Lipinski definition) is 0. The normalized spacial score (nSPS) is 18.9. The van der Waals surface area contributed by atoms with Gasteiger partial charge < -0.3 is 23.9 Å². The van der Waals surface area contributed by atoms with Crippen LogP contribution in [0.25, 0.3) is 0 Å². The van der Waals surface area contributed by atoms with E-state index in [1.165, 1.54) is 6.20 Å². The van der Waals surface area contributed by atoms with Crippen molar-refractivity contribution in [3.8, 4) is 0 Å². The Kier molecular flexibility index (Phi) is 7.70. The number of anilines is 2. The van der Waals surface area contributed by atoms with Crippen LogP contribution in [0.5, 0.6) is 0 Å². The van der Waals surface area contributed by atoms with Gasteiger partial charge in [0.25, 0.3) is 6.01 Å². The lowest BCUT2D eigenvalue weighted by atomic mass is 10.0. The highest BCUT2D eigenvalue weighted by atomic mass is 19.4. The summed E-state index contributed by atoms with van der Waals surface area (Å²) in [5, 5.41) is 0. The molecular weight excluding hydrogens is 479 g/mol. The highest BCUT2D eigenvalue weighted by Crippen LogP contribution is 2.36. The van der Waals surface area contributed by atoms with E-state index >= 15 is 0 Å². The highest BCUT2D eigenvalue weighted by molar-refractivity contribution is 5.96. The molecule has 2 aliphatic heterocycles. The lowest BCUT2D eigenvalue weighted by Crippen LogP contribution is -2.49. The summed E-state index contributed by atoms with van der Waals surface area (Å²) in [4.78, 5) is 38.1. The maximum atomic E-state index is 13.7. The van der Waals surface area contributed by atoms with Gasteiger partial charge in [0, 0.05) is 51.4 Å². The van der Waals surface area contributed by atoms with Crippen LogP contribution >= 0.6 is 0 Å². The number of aromatic nitrogens is 2. The molecule has 2 aliphatic rings. The number of hydrogen-bond acceptors (Lipinski definition) is 8. The number of nitrogens with zero attached hydrogens (tertiary/aromatic N) is 5. The first-order chi connectivity index (χ1) is 17.2. The summed E-state index contributed by atoms with van der Waals surface area (Å²) >= 11 is 0. The van der Waals surface area contributed by atoms with Crippen LogP contribution in [0.4, 0.5) is 29.8 Å². The SMILES string of the molecule is CCOC(=O)N1CCN(c2ccc(CC(=O)c3oc(N4CCCCC4C)nc3C(F)(F)F)cn2)CC1. The number of rotatable bonds is 6. The van der Waals surface area contributed by atoms with Gasteiger partial charge in [-0.25, -0.2) is 9.78 Å². The summed E-state index contributed by atoms with van der Waals surface area (Å²) in [6.45, 7) is 6.62. The molecular formula is C24H30F3N5O4. The third-order valence-electron chi connectivity index (χ3n) is 6.49. The minimum atomic E-state index is -4.81. The van der Waals surface area contributed by atoms with Crippen LogP contribution in [-0.2, 0) is 17.3 Å². The van der Waals surface area contributed by atoms with Gasteiger partial charge in [0.15, 0.2) is 5.69 Å². The van der Waals surface area contributed by atoms with E-state index in [0.717, 1.165) is 19.3 Å². The summed E-state index contributed by atoms with van der Waals surface area (Å²) in [5.74, 6) is -0.912. The van der Waals surface area contributed by atoms with Crippen LogP contribution in [0.15, 0.2) is 22.7 Å². The molecule has 2 saturated heterocycles. The summed E-state index contributed by atoms with van der Waals surface area (Å²) in [6, 6.07) is 3.20. The average molecular weight is 510 g/mol. The van der Waals surface area contributed by atoms with Gasteiger partial charge >= 0.3 is 12.3 Å². The van der Waals surface area contributed by atoms with Crippen molar-refractivity contribution in [1.29, 1.82) is 0 Å². The summed E-state index contributed by atoms with van der Waals surface area (Å²) in [5.41, 5.74) is -0.823. The molecule has 0 spiro atoms. The maximum absolute atomic E-state index is 13.7. The Morgan fingerprint density at radius 1 is 1.14 bits per heavy atom. The molecule has 4 rings (SSSR count). The van der Waals surface area contributed by atoms with Crippen molar-refractivity contribution in [2.75, 3.05) is 49.1 Å². The lowest BCUT2D eigenvalue weighted by molar-refractivity contribution is -0.141. The average Bonchev–Trinajstić information content (AvgIpc) is 3.31. The molecule has 1 amide bonds. The van der Waals surface area contributed by atoms with Crippen LogP contribution < -0.4 is 9.80 Å². The fourth-order valence-electron chi connectivity index (χ4n) is 4.50. The molecule has 12 heteroatoms. The molecule has 1 atom stereocenters. The summed E-state index contributed by atoms with van der Waals surface area (Å²) in [6.07, 6.45) is -1.34. The van der Waals surface area contributed by atoms with Gasteiger partial charge in [-0.15, -0.1) is 0 Å². The Bertz CT molecular complexity index is 1060. The molecule has 196 valence electrons. The maximum Gasteiger partial charge on any atom is 0.437 e. The minimum absolute atomic E-state index is 0.0164. The Balaban J connectivity index is 1.43.